The first kappa shape index (κ1) is 48.9. The standard InChI is InChI=1S/C51H52Cl2N6O7/c1-32-38(30-65-49-18-47(40(26-56-4)16-44(49)52)63-28-36-14-34(20-54)22-57-24-36)8-6-10-42(32)43-11-7-9-39(33(43)2)31-66-50-19-48(64-29-37-15-35(21-55-3)23-58-25-37)41(17-45(50)53)27-59(5)46(12-13-60)51(61)62/h6-11,14-19,21-25,46,56,60H,12-13,26-31H2,1-5H3,(H,61,62)/b55-21+. The fourth-order valence-electron chi connectivity index (χ4n) is 7.46. The van der Waals surface area contributed by atoms with Gasteiger partial charge >= 0.3 is 5.97 Å². The largest absolute Gasteiger partial charge is 0.488 e. The molecule has 0 saturated carbocycles. The molecule has 0 saturated heterocycles. The predicted molar refractivity (Wildman–Crippen MR) is 256 cm³/mol. The van der Waals surface area contributed by atoms with Crippen LogP contribution in [-0.2, 0) is 44.3 Å². The van der Waals surface area contributed by atoms with Crippen LogP contribution in [0.1, 0.15) is 62.1 Å². The number of nitriles is 1. The number of carboxylic acids is 1. The molecule has 0 aliphatic rings. The first-order valence-electron chi connectivity index (χ1n) is 21.1. The van der Waals surface area contributed by atoms with E-state index >= 15 is 0 Å². The Morgan fingerprint density at radius 3 is 1.88 bits per heavy atom. The molecule has 0 amide bonds. The molecular weight excluding hydrogens is 880 g/mol. The molecule has 2 aromatic heterocycles. The van der Waals surface area contributed by atoms with E-state index < -0.39 is 12.0 Å². The number of nitrogens with zero attached hydrogens (tertiary/aromatic N) is 5. The minimum Gasteiger partial charge on any atom is -0.488 e. The van der Waals surface area contributed by atoms with Crippen LogP contribution in [-0.4, -0.2) is 71.1 Å². The molecule has 342 valence electrons. The molecule has 66 heavy (non-hydrogen) atoms. The lowest BCUT2D eigenvalue weighted by Crippen LogP contribution is -2.38. The maximum Gasteiger partial charge on any atom is 0.321 e. The van der Waals surface area contributed by atoms with Crippen molar-refractivity contribution in [1.82, 2.24) is 20.2 Å². The number of pyridine rings is 2. The van der Waals surface area contributed by atoms with Crippen LogP contribution >= 0.6 is 23.2 Å². The lowest BCUT2D eigenvalue weighted by molar-refractivity contribution is -0.143. The summed E-state index contributed by atoms with van der Waals surface area (Å²) in [5.41, 5.74) is 10.4. The van der Waals surface area contributed by atoms with Crippen molar-refractivity contribution in [3.8, 4) is 40.2 Å². The number of aliphatic carboxylic acids is 1. The zero-order chi connectivity index (χ0) is 47.2. The molecule has 13 nitrogen and oxygen atoms in total. The third kappa shape index (κ3) is 12.6. The number of carbonyl (C=O) groups is 1. The Hall–Kier alpha value is -6.53. The molecule has 0 fully saturated rings. The zero-order valence-electron chi connectivity index (χ0n) is 37.5. The number of aliphatic hydroxyl groups is 1. The molecule has 1 atom stereocenters. The molecule has 0 radical (unpaired) electrons. The molecule has 1 unspecified atom stereocenters. The summed E-state index contributed by atoms with van der Waals surface area (Å²) < 4.78 is 25.3. The van der Waals surface area contributed by atoms with Gasteiger partial charge in [-0.05, 0) is 92.0 Å². The van der Waals surface area contributed by atoms with Gasteiger partial charge in [-0.2, -0.15) is 5.26 Å². The molecule has 15 heteroatoms. The van der Waals surface area contributed by atoms with E-state index in [4.69, 9.17) is 42.1 Å². The van der Waals surface area contributed by atoms with Gasteiger partial charge in [0.25, 0.3) is 0 Å². The van der Waals surface area contributed by atoms with Gasteiger partial charge in [-0.25, -0.2) is 0 Å². The van der Waals surface area contributed by atoms with Crippen LogP contribution in [0.25, 0.3) is 11.1 Å². The summed E-state index contributed by atoms with van der Waals surface area (Å²) in [6.45, 7) is 5.39. The van der Waals surface area contributed by atoms with Crippen molar-refractivity contribution in [3.63, 3.8) is 0 Å². The number of carboxylic acid groups (broad SMARTS) is 1. The Morgan fingerprint density at radius 2 is 1.33 bits per heavy atom. The van der Waals surface area contributed by atoms with Gasteiger partial charge in [-0.1, -0.05) is 59.6 Å². The van der Waals surface area contributed by atoms with E-state index in [2.05, 4.69) is 52.3 Å². The van der Waals surface area contributed by atoms with Gasteiger partial charge in [-0.3, -0.25) is 24.7 Å². The lowest BCUT2D eigenvalue weighted by atomic mass is 9.92. The summed E-state index contributed by atoms with van der Waals surface area (Å²) in [4.78, 5) is 26.2. The minimum atomic E-state index is -1.04. The van der Waals surface area contributed by atoms with Crippen LogP contribution in [0.3, 0.4) is 0 Å². The van der Waals surface area contributed by atoms with Crippen LogP contribution in [0.5, 0.6) is 23.0 Å². The number of rotatable bonds is 22. The number of hydrogen-bond acceptors (Lipinski definition) is 12. The van der Waals surface area contributed by atoms with Crippen molar-refractivity contribution in [2.45, 2.75) is 65.8 Å². The molecule has 0 aliphatic heterocycles. The first-order valence-corrected chi connectivity index (χ1v) is 21.9. The van der Waals surface area contributed by atoms with Crippen LogP contribution in [0, 0.1) is 25.2 Å². The molecule has 4 aromatic carbocycles. The third-order valence-corrected chi connectivity index (χ3v) is 11.6. The monoisotopic (exact) mass is 930 g/mol. The number of likely N-dealkylation sites (N-methyl/N-ethyl adjacent to an activating group) is 1. The summed E-state index contributed by atoms with van der Waals surface area (Å²) in [6, 6.07) is 24.1. The number of ether oxygens (including phenoxy) is 4. The van der Waals surface area contributed by atoms with E-state index in [9.17, 15) is 20.3 Å². The molecule has 6 aromatic rings. The number of aromatic nitrogens is 2. The SMILES string of the molecule is C/N=C/c1cncc(COc2cc(OCc3cccc(-c4cccc(COc5cc(OCc6cncc(C#N)c6)c(CNC)cc5Cl)c4C)c3C)c(Cl)cc2CN(C)C(CCO)C(=O)O)c1. The number of aliphatic hydroxyl groups excluding tert-OH is 1. The van der Waals surface area contributed by atoms with Gasteiger partial charge in [0.1, 0.15) is 61.5 Å². The second kappa shape index (κ2) is 23.6. The normalized spacial score (nSPS) is 11.7. The fourth-order valence-corrected chi connectivity index (χ4v) is 7.94. The number of benzene rings is 4. The van der Waals surface area contributed by atoms with Crippen molar-refractivity contribution >= 4 is 35.4 Å². The molecule has 0 bridgehead atoms. The topological polar surface area (TPSA) is 172 Å². The smallest absolute Gasteiger partial charge is 0.321 e. The second-order valence-corrected chi connectivity index (χ2v) is 16.4. The van der Waals surface area contributed by atoms with E-state index in [0.717, 1.165) is 55.6 Å². The lowest BCUT2D eigenvalue weighted by Gasteiger charge is -2.25. The molecule has 2 heterocycles. The van der Waals surface area contributed by atoms with Crippen LogP contribution in [0.4, 0.5) is 0 Å². The van der Waals surface area contributed by atoms with E-state index in [1.165, 1.54) is 6.20 Å². The highest BCUT2D eigenvalue weighted by Gasteiger charge is 2.24. The summed E-state index contributed by atoms with van der Waals surface area (Å²) in [5.74, 6) is 0.889. The van der Waals surface area contributed by atoms with Crippen molar-refractivity contribution < 1.29 is 34.0 Å². The molecule has 0 spiro atoms. The molecule has 0 aliphatic carbocycles. The van der Waals surface area contributed by atoms with Gasteiger partial charge in [0.2, 0.25) is 0 Å². The Kier molecular flexibility index (Phi) is 17.5. The highest BCUT2D eigenvalue weighted by molar-refractivity contribution is 6.32. The van der Waals surface area contributed by atoms with E-state index in [0.29, 0.717) is 50.7 Å². The van der Waals surface area contributed by atoms with E-state index in [1.54, 1.807) is 68.1 Å². The van der Waals surface area contributed by atoms with E-state index in [-0.39, 0.29) is 46.0 Å². The quantitative estimate of drug-likeness (QED) is 0.0552. The maximum absolute atomic E-state index is 12.0. The van der Waals surface area contributed by atoms with Crippen molar-refractivity contribution in [2.24, 2.45) is 4.99 Å². The number of aliphatic imine (C=N–C) groups is 1. The highest BCUT2D eigenvalue weighted by Crippen LogP contribution is 2.38. The Balaban J connectivity index is 1.20. The minimum absolute atomic E-state index is 0.0590. The van der Waals surface area contributed by atoms with Crippen molar-refractivity contribution in [2.75, 3.05) is 27.7 Å². The Morgan fingerprint density at radius 1 is 0.788 bits per heavy atom. The number of halogens is 2. The Labute approximate surface area is 395 Å². The van der Waals surface area contributed by atoms with Crippen LogP contribution < -0.4 is 24.3 Å². The zero-order valence-corrected chi connectivity index (χ0v) is 39.0. The highest BCUT2D eigenvalue weighted by atomic mass is 35.5. The van der Waals surface area contributed by atoms with Gasteiger partial charge in [0.15, 0.2) is 0 Å². The third-order valence-electron chi connectivity index (χ3n) is 11.0. The van der Waals surface area contributed by atoms with Crippen LogP contribution in [0.15, 0.2) is 103 Å². The summed E-state index contributed by atoms with van der Waals surface area (Å²) in [7, 11) is 5.21. The first-order chi connectivity index (χ1) is 31.9. The fraction of sp³-hybridized carbons (Fsp3) is 0.275. The van der Waals surface area contributed by atoms with Crippen LogP contribution in [0.2, 0.25) is 10.0 Å². The van der Waals surface area contributed by atoms with Crippen molar-refractivity contribution in [1.29, 1.82) is 5.26 Å². The number of nitrogens with one attached hydrogen (secondary N) is 1. The number of hydrogen-bond donors (Lipinski definition) is 3. The Bertz CT molecular complexity index is 2730. The van der Waals surface area contributed by atoms with Gasteiger partial charge in [-0.15, -0.1) is 0 Å². The molecule has 6 rings (SSSR count). The average Bonchev–Trinajstić information content (AvgIpc) is 3.30. The van der Waals surface area contributed by atoms with Gasteiger partial charge < -0.3 is 34.5 Å². The molecule has 3 N–H and O–H groups in total. The summed E-state index contributed by atoms with van der Waals surface area (Å²) in [6.07, 6.45) is 8.36. The molecular formula is C51H52Cl2N6O7. The summed E-state index contributed by atoms with van der Waals surface area (Å²) >= 11 is 13.6. The van der Waals surface area contributed by atoms with Gasteiger partial charge in [0.05, 0.1) is 15.6 Å². The predicted octanol–water partition coefficient (Wildman–Crippen LogP) is 9.29. The van der Waals surface area contributed by atoms with E-state index in [1.807, 2.05) is 43.4 Å². The van der Waals surface area contributed by atoms with Gasteiger partial charge in [0, 0.05) is 97.7 Å². The average molecular weight is 932 g/mol. The second-order valence-electron chi connectivity index (χ2n) is 15.6. The van der Waals surface area contributed by atoms with Crippen molar-refractivity contribution in [3.05, 3.63) is 163 Å². The summed E-state index contributed by atoms with van der Waals surface area (Å²) in [5, 5.41) is 32.6. The maximum atomic E-state index is 12.0.